The summed E-state index contributed by atoms with van der Waals surface area (Å²) in [5, 5.41) is 12.4. The molecule has 0 bridgehead atoms. The third-order valence-electron chi connectivity index (χ3n) is 3.78. The molecule has 96 valence electrons. The van der Waals surface area contributed by atoms with E-state index < -0.39 is 0 Å². The fourth-order valence-electron chi connectivity index (χ4n) is 2.96. The van der Waals surface area contributed by atoms with Crippen LogP contribution in [-0.2, 0) is 0 Å². The lowest BCUT2D eigenvalue weighted by molar-refractivity contribution is 0.264. The largest absolute Gasteiger partial charge is 0.396 e. The van der Waals surface area contributed by atoms with E-state index in [9.17, 15) is 0 Å². The second-order valence-corrected chi connectivity index (χ2v) is 5.57. The van der Waals surface area contributed by atoms with Crippen LogP contribution in [0, 0.1) is 5.92 Å². The molecule has 0 aromatic carbocycles. The van der Waals surface area contributed by atoms with Gasteiger partial charge in [0.1, 0.15) is 0 Å². The van der Waals surface area contributed by atoms with Gasteiger partial charge < -0.3 is 10.4 Å². The molecule has 2 atom stereocenters. The highest BCUT2D eigenvalue weighted by atomic mass is 16.2. The van der Waals surface area contributed by atoms with Crippen molar-refractivity contribution in [1.82, 2.24) is 5.32 Å². The normalized spacial score (nSPS) is 21.9. The average Bonchev–Trinajstić information content (AvgIpc) is 2.27. The van der Waals surface area contributed by atoms with Gasteiger partial charge in [0.2, 0.25) is 0 Å². The van der Waals surface area contributed by atoms with Crippen molar-refractivity contribution in [2.45, 2.75) is 77.3 Å². The second kappa shape index (κ2) is 8.08. The van der Waals surface area contributed by atoms with Gasteiger partial charge in [0, 0.05) is 18.7 Å². The van der Waals surface area contributed by atoms with Crippen molar-refractivity contribution in [2.24, 2.45) is 5.92 Å². The highest BCUT2D eigenvalue weighted by Gasteiger charge is 2.17. The Hall–Kier alpha value is -0.0800. The fourth-order valence-corrected chi connectivity index (χ4v) is 2.96. The number of hydrogen-bond donors (Lipinski definition) is 2. The van der Waals surface area contributed by atoms with Gasteiger partial charge in [-0.25, -0.2) is 0 Å². The molecular weight excluding hydrogens is 198 g/mol. The summed E-state index contributed by atoms with van der Waals surface area (Å²) in [6.07, 6.45) is 10.6. The molecule has 2 nitrogen and oxygen atoms in total. The second-order valence-electron chi connectivity index (χ2n) is 5.57. The fraction of sp³-hybridized carbons (Fsp3) is 1.00. The van der Waals surface area contributed by atoms with Gasteiger partial charge in [0.05, 0.1) is 0 Å². The van der Waals surface area contributed by atoms with Crippen LogP contribution in [0.5, 0.6) is 0 Å². The summed E-state index contributed by atoms with van der Waals surface area (Å²) in [6, 6.07) is 1.18. The predicted molar refractivity (Wildman–Crippen MR) is 69.6 cm³/mol. The van der Waals surface area contributed by atoms with Crippen molar-refractivity contribution in [2.75, 3.05) is 6.61 Å². The zero-order valence-electron chi connectivity index (χ0n) is 11.0. The first-order chi connectivity index (χ1) is 7.72. The molecule has 1 fully saturated rings. The first-order valence-corrected chi connectivity index (χ1v) is 7.09. The van der Waals surface area contributed by atoms with E-state index in [1.165, 1.54) is 38.5 Å². The lowest BCUT2D eigenvalue weighted by Crippen LogP contribution is -2.36. The predicted octanol–water partition coefficient (Wildman–Crippen LogP) is 3.10. The number of aliphatic hydroxyl groups excluding tert-OH is 1. The molecule has 1 aliphatic carbocycles. The van der Waals surface area contributed by atoms with E-state index in [-0.39, 0.29) is 0 Å². The third-order valence-corrected chi connectivity index (χ3v) is 3.78. The van der Waals surface area contributed by atoms with Crippen LogP contribution < -0.4 is 5.32 Å². The lowest BCUT2D eigenvalue weighted by Gasteiger charge is -2.27. The Labute approximate surface area is 101 Å². The monoisotopic (exact) mass is 227 g/mol. The molecule has 2 unspecified atom stereocenters. The van der Waals surface area contributed by atoms with E-state index in [4.69, 9.17) is 5.11 Å². The molecule has 0 aromatic heterocycles. The van der Waals surface area contributed by atoms with Crippen molar-refractivity contribution >= 4 is 0 Å². The average molecular weight is 227 g/mol. The van der Waals surface area contributed by atoms with Crippen LogP contribution in [0.4, 0.5) is 0 Å². The van der Waals surface area contributed by atoms with Crippen molar-refractivity contribution in [1.29, 1.82) is 0 Å². The zero-order chi connectivity index (χ0) is 11.8. The topological polar surface area (TPSA) is 32.3 Å². The third kappa shape index (κ3) is 5.86. The van der Waals surface area contributed by atoms with Gasteiger partial charge in [-0.05, 0) is 39.0 Å². The van der Waals surface area contributed by atoms with Crippen molar-refractivity contribution < 1.29 is 5.11 Å². The summed E-state index contributed by atoms with van der Waals surface area (Å²) in [4.78, 5) is 0. The summed E-state index contributed by atoms with van der Waals surface area (Å²) in [7, 11) is 0. The Morgan fingerprint density at radius 3 is 2.44 bits per heavy atom. The molecule has 0 amide bonds. The van der Waals surface area contributed by atoms with Gasteiger partial charge in [0.15, 0.2) is 0 Å². The van der Waals surface area contributed by atoms with Gasteiger partial charge in [0.25, 0.3) is 0 Å². The van der Waals surface area contributed by atoms with Gasteiger partial charge in [-0.3, -0.25) is 0 Å². The number of nitrogens with one attached hydrogen (secondary N) is 1. The number of hydrogen-bond acceptors (Lipinski definition) is 2. The maximum atomic E-state index is 8.78. The van der Waals surface area contributed by atoms with Gasteiger partial charge in [-0.2, -0.15) is 0 Å². The molecule has 0 saturated heterocycles. The Kier molecular flexibility index (Phi) is 7.06. The molecule has 0 radical (unpaired) electrons. The molecule has 16 heavy (non-hydrogen) atoms. The first kappa shape index (κ1) is 14.0. The van der Waals surface area contributed by atoms with E-state index >= 15 is 0 Å². The van der Waals surface area contributed by atoms with E-state index in [1.807, 2.05) is 0 Å². The van der Waals surface area contributed by atoms with E-state index in [2.05, 4.69) is 19.2 Å². The summed E-state index contributed by atoms with van der Waals surface area (Å²) >= 11 is 0. The minimum absolute atomic E-state index is 0.322. The van der Waals surface area contributed by atoms with Crippen LogP contribution in [0.2, 0.25) is 0 Å². The Balaban J connectivity index is 2.11. The van der Waals surface area contributed by atoms with Crippen molar-refractivity contribution in [3.8, 4) is 0 Å². The maximum Gasteiger partial charge on any atom is 0.0431 e. The smallest absolute Gasteiger partial charge is 0.0431 e. The molecule has 0 heterocycles. The Bertz CT molecular complexity index is 166. The highest BCUT2D eigenvalue weighted by molar-refractivity contribution is 4.74. The first-order valence-electron chi connectivity index (χ1n) is 7.09. The minimum atomic E-state index is 0.322. The summed E-state index contributed by atoms with van der Waals surface area (Å²) < 4.78 is 0. The van der Waals surface area contributed by atoms with Crippen LogP contribution in [0.15, 0.2) is 0 Å². The molecule has 2 N–H and O–H groups in total. The van der Waals surface area contributed by atoms with Crippen molar-refractivity contribution in [3.63, 3.8) is 0 Å². The standard InChI is InChI=1S/C14H29NO/c1-12(7-6-10-16)15-13(2)11-14-8-4-3-5-9-14/h12-16H,3-11H2,1-2H3. The Morgan fingerprint density at radius 1 is 1.12 bits per heavy atom. The van der Waals surface area contributed by atoms with Crippen LogP contribution in [0.1, 0.15) is 65.2 Å². The van der Waals surface area contributed by atoms with E-state index in [0.29, 0.717) is 18.7 Å². The van der Waals surface area contributed by atoms with Crippen LogP contribution in [0.3, 0.4) is 0 Å². The van der Waals surface area contributed by atoms with Crippen LogP contribution >= 0.6 is 0 Å². The molecular formula is C14H29NO. The summed E-state index contributed by atoms with van der Waals surface area (Å²) in [5.41, 5.74) is 0. The summed E-state index contributed by atoms with van der Waals surface area (Å²) in [5.74, 6) is 0.960. The number of aliphatic hydroxyl groups is 1. The van der Waals surface area contributed by atoms with Gasteiger partial charge >= 0.3 is 0 Å². The molecule has 1 rings (SSSR count). The quantitative estimate of drug-likeness (QED) is 0.700. The number of rotatable bonds is 7. The summed E-state index contributed by atoms with van der Waals surface area (Å²) in [6.45, 7) is 4.86. The minimum Gasteiger partial charge on any atom is -0.396 e. The molecule has 1 saturated carbocycles. The molecule has 1 aliphatic rings. The van der Waals surface area contributed by atoms with Gasteiger partial charge in [-0.1, -0.05) is 32.1 Å². The maximum absolute atomic E-state index is 8.78. The Morgan fingerprint density at radius 2 is 1.81 bits per heavy atom. The molecule has 0 aromatic rings. The molecule has 0 spiro atoms. The van der Waals surface area contributed by atoms with Gasteiger partial charge in [-0.15, -0.1) is 0 Å². The SMILES string of the molecule is CC(CCCO)NC(C)CC1CCCCC1. The zero-order valence-corrected chi connectivity index (χ0v) is 11.0. The van der Waals surface area contributed by atoms with Crippen LogP contribution in [0.25, 0.3) is 0 Å². The lowest BCUT2D eigenvalue weighted by atomic mass is 9.85. The molecule has 2 heteroatoms. The van der Waals surface area contributed by atoms with Crippen LogP contribution in [-0.4, -0.2) is 23.8 Å². The van der Waals surface area contributed by atoms with E-state index in [1.54, 1.807) is 0 Å². The van der Waals surface area contributed by atoms with E-state index in [0.717, 1.165) is 18.8 Å². The highest BCUT2D eigenvalue weighted by Crippen LogP contribution is 2.27. The van der Waals surface area contributed by atoms with Crippen molar-refractivity contribution in [3.05, 3.63) is 0 Å². The molecule has 0 aliphatic heterocycles.